The van der Waals surface area contributed by atoms with Gasteiger partial charge >= 0.3 is 0 Å². The number of halogens is 1. The first kappa shape index (κ1) is 14.3. The number of benzene rings is 1. The van der Waals surface area contributed by atoms with Gasteiger partial charge in [-0.3, -0.25) is 4.99 Å². The van der Waals surface area contributed by atoms with E-state index in [1.807, 2.05) is 11.8 Å². The zero-order valence-corrected chi connectivity index (χ0v) is 14.0. The molecular weight excluding hydrogens is 336 g/mol. The van der Waals surface area contributed by atoms with E-state index in [0.717, 1.165) is 41.5 Å². The highest BCUT2D eigenvalue weighted by Gasteiger charge is 2.20. The quantitative estimate of drug-likeness (QED) is 0.893. The molecule has 1 aromatic carbocycles. The third-order valence-corrected chi connectivity index (χ3v) is 5.26. The zero-order chi connectivity index (χ0) is 13.9. The van der Waals surface area contributed by atoms with E-state index in [1.165, 1.54) is 24.0 Å². The maximum Gasteiger partial charge on any atom is 0.157 e. The minimum atomic E-state index is 0.659. The predicted molar refractivity (Wildman–Crippen MR) is 88.8 cm³/mol. The number of nitrogens with one attached hydrogen (secondary N) is 1. The second-order valence-electron chi connectivity index (χ2n) is 5.18. The third-order valence-electron chi connectivity index (χ3n) is 3.58. The Labute approximate surface area is 132 Å². The predicted octanol–water partition coefficient (Wildman–Crippen LogP) is 3.75. The molecular formula is C15H19BrN2OS. The first-order valence-corrected chi connectivity index (χ1v) is 8.82. The first-order valence-electron chi connectivity index (χ1n) is 7.15. The molecule has 1 N–H and O–H groups in total. The van der Waals surface area contributed by atoms with Crippen molar-refractivity contribution in [2.24, 2.45) is 4.99 Å². The molecule has 5 heteroatoms. The molecule has 0 fully saturated rings. The average molecular weight is 355 g/mol. The molecule has 2 aliphatic heterocycles. The van der Waals surface area contributed by atoms with Crippen LogP contribution in [-0.4, -0.2) is 23.6 Å². The van der Waals surface area contributed by atoms with Gasteiger partial charge in [0, 0.05) is 28.3 Å². The van der Waals surface area contributed by atoms with Crippen LogP contribution in [-0.2, 0) is 13.0 Å². The lowest BCUT2D eigenvalue weighted by molar-refractivity contribution is 0.353. The van der Waals surface area contributed by atoms with Gasteiger partial charge in [-0.1, -0.05) is 41.0 Å². The molecule has 3 rings (SSSR count). The summed E-state index contributed by atoms with van der Waals surface area (Å²) < 4.78 is 6.88. The van der Waals surface area contributed by atoms with Crippen molar-refractivity contribution in [3.05, 3.63) is 27.7 Å². The molecule has 1 aromatic rings. The van der Waals surface area contributed by atoms with Gasteiger partial charge in [-0.2, -0.15) is 0 Å². The van der Waals surface area contributed by atoms with E-state index >= 15 is 0 Å². The fourth-order valence-electron chi connectivity index (χ4n) is 2.64. The maximum atomic E-state index is 5.75. The van der Waals surface area contributed by atoms with Crippen LogP contribution in [0.25, 0.3) is 0 Å². The standard InChI is InChI=1S/C15H19BrN2OS/c1-2-3-13-9-18-15(20-13)17-8-11-7-12(16)6-10-4-5-19-14(10)11/h6-7,13H,2-5,8-9H2,1H3,(H,17,18). The summed E-state index contributed by atoms with van der Waals surface area (Å²) in [5, 5.41) is 5.19. The Balaban J connectivity index is 1.62. The van der Waals surface area contributed by atoms with Crippen molar-refractivity contribution < 1.29 is 4.74 Å². The molecule has 1 atom stereocenters. The highest BCUT2D eigenvalue weighted by atomic mass is 79.9. The average Bonchev–Trinajstić information content (AvgIpc) is 3.05. The number of aliphatic imine (C=N–C) groups is 1. The van der Waals surface area contributed by atoms with E-state index in [4.69, 9.17) is 4.74 Å². The van der Waals surface area contributed by atoms with Gasteiger partial charge in [0.25, 0.3) is 0 Å². The number of rotatable bonds is 4. The van der Waals surface area contributed by atoms with Crippen LogP contribution >= 0.6 is 27.7 Å². The number of amidine groups is 1. The molecule has 0 aromatic heterocycles. The van der Waals surface area contributed by atoms with Gasteiger partial charge < -0.3 is 10.1 Å². The molecule has 1 unspecified atom stereocenters. The Morgan fingerprint density at radius 2 is 2.40 bits per heavy atom. The molecule has 20 heavy (non-hydrogen) atoms. The molecule has 2 heterocycles. The van der Waals surface area contributed by atoms with Gasteiger partial charge in [-0.05, 0) is 24.1 Å². The SMILES string of the molecule is CCCC1CN=C(NCc2cc(Br)cc3c2OCC3)S1. The molecule has 0 bridgehead atoms. The van der Waals surface area contributed by atoms with Gasteiger partial charge in [-0.25, -0.2) is 0 Å². The Hall–Kier alpha value is -0.680. The zero-order valence-electron chi connectivity index (χ0n) is 11.6. The molecule has 2 aliphatic rings. The Morgan fingerprint density at radius 1 is 1.50 bits per heavy atom. The number of nitrogens with zero attached hydrogens (tertiary/aromatic N) is 1. The smallest absolute Gasteiger partial charge is 0.157 e. The van der Waals surface area contributed by atoms with E-state index in [1.54, 1.807) is 0 Å². The summed E-state index contributed by atoms with van der Waals surface area (Å²) in [5.41, 5.74) is 2.52. The minimum absolute atomic E-state index is 0.659. The number of fused-ring (bicyclic) bond motifs is 1. The summed E-state index contributed by atoms with van der Waals surface area (Å²) in [5.74, 6) is 1.06. The van der Waals surface area contributed by atoms with Crippen LogP contribution in [0, 0.1) is 0 Å². The highest BCUT2D eigenvalue weighted by Crippen LogP contribution is 2.33. The summed E-state index contributed by atoms with van der Waals surface area (Å²) in [6, 6.07) is 4.30. The van der Waals surface area contributed by atoms with Gasteiger partial charge in [0.05, 0.1) is 13.2 Å². The number of thioether (sulfide) groups is 1. The molecule has 0 saturated carbocycles. The largest absolute Gasteiger partial charge is 0.493 e. The summed E-state index contributed by atoms with van der Waals surface area (Å²) in [6.45, 7) is 4.77. The molecule has 0 spiro atoms. The Morgan fingerprint density at radius 3 is 3.25 bits per heavy atom. The topological polar surface area (TPSA) is 33.6 Å². The van der Waals surface area contributed by atoms with Crippen LogP contribution in [0.4, 0.5) is 0 Å². The van der Waals surface area contributed by atoms with E-state index in [-0.39, 0.29) is 0 Å². The molecule has 0 aliphatic carbocycles. The fraction of sp³-hybridized carbons (Fsp3) is 0.533. The van der Waals surface area contributed by atoms with E-state index in [2.05, 4.69) is 45.3 Å². The van der Waals surface area contributed by atoms with Crippen molar-refractivity contribution >= 4 is 32.9 Å². The summed E-state index contributed by atoms with van der Waals surface area (Å²) in [7, 11) is 0. The van der Waals surface area contributed by atoms with Crippen molar-refractivity contribution in [3.63, 3.8) is 0 Å². The summed E-state index contributed by atoms with van der Waals surface area (Å²) in [4.78, 5) is 4.58. The van der Waals surface area contributed by atoms with Crippen molar-refractivity contribution in [2.45, 2.75) is 38.0 Å². The van der Waals surface area contributed by atoms with Crippen molar-refractivity contribution in [2.75, 3.05) is 13.2 Å². The van der Waals surface area contributed by atoms with Gasteiger partial charge in [0.1, 0.15) is 5.75 Å². The molecule has 108 valence electrons. The lowest BCUT2D eigenvalue weighted by Gasteiger charge is -2.11. The van der Waals surface area contributed by atoms with Crippen molar-refractivity contribution in [1.29, 1.82) is 0 Å². The minimum Gasteiger partial charge on any atom is -0.493 e. The lowest BCUT2D eigenvalue weighted by atomic mass is 10.1. The number of hydrogen-bond donors (Lipinski definition) is 1. The normalized spacial score (nSPS) is 20.5. The number of hydrogen-bond acceptors (Lipinski definition) is 4. The van der Waals surface area contributed by atoms with Gasteiger partial charge in [0.15, 0.2) is 5.17 Å². The molecule has 0 saturated heterocycles. The van der Waals surface area contributed by atoms with Crippen LogP contribution in [0.3, 0.4) is 0 Å². The third kappa shape index (κ3) is 3.14. The van der Waals surface area contributed by atoms with E-state index < -0.39 is 0 Å². The molecule has 0 amide bonds. The van der Waals surface area contributed by atoms with E-state index in [0.29, 0.717) is 5.25 Å². The van der Waals surface area contributed by atoms with E-state index in [9.17, 15) is 0 Å². The van der Waals surface area contributed by atoms with Crippen LogP contribution in [0.1, 0.15) is 30.9 Å². The first-order chi connectivity index (χ1) is 9.76. The summed E-state index contributed by atoms with van der Waals surface area (Å²) in [6.07, 6.45) is 3.48. The monoisotopic (exact) mass is 354 g/mol. The molecule has 3 nitrogen and oxygen atoms in total. The van der Waals surface area contributed by atoms with Crippen molar-refractivity contribution in [1.82, 2.24) is 5.32 Å². The fourth-order valence-corrected chi connectivity index (χ4v) is 4.31. The van der Waals surface area contributed by atoms with Gasteiger partial charge in [-0.15, -0.1) is 0 Å². The highest BCUT2D eigenvalue weighted by molar-refractivity contribution is 9.10. The molecule has 0 radical (unpaired) electrons. The van der Waals surface area contributed by atoms with Crippen LogP contribution in [0.2, 0.25) is 0 Å². The second-order valence-corrected chi connectivity index (χ2v) is 7.38. The summed E-state index contributed by atoms with van der Waals surface area (Å²) >= 11 is 5.46. The van der Waals surface area contributed by atoms with Crippen LogP contribution < -0.4 is 10.1 Å². The Kier molecular flexibility index (Phi) is 4.56. The maximum absolute atomic E-state index is 5.75. The second kappa shape index (κ2) is 6.39. The van der Waals surface area contributed by atoms with Crippen LogP contribution in [0.5, 0.6) is 5.75 Å². The number of ether oxygens (including phenoxy) is 1. The lowest BCUT2D eigenvalue weighted by Crippen LogP contribution is -2.19. The van der Waals surface area contributed by atoms with Crippen LogP contribution in [0.15, 0.2) is 21.6 Å². The Bertz CT molecular complexity index is 533. The van der Waals surface area contributed by atoms with Gasteiger partial charge in [0.2, 0.25) is 0 Å². The van der Waals surface area contributed by atoms with Crippen molar-refractivity contribution in [3.8, 4) is 5.75 Å².